The summed E-state index contributed by atoms with van der Waals surface area (Å²) in [6, 6.07) is 6.70. The normalized spacial score (nSPS) is 23.2. The number of nitrogens with zero attached hydrogens (tertiary/aromatic N) is 2. The molecule has 122 valence electrons. The van der Waals surface area contributed by atoms with Crippen LogP contribution in [0.5, 0.6) is 0 Å². The standard InChI is InChI=1S/C15H22N2O4S/c1-11-7-12(15(18)19)10-17(9-11)22(20,21)14-6-4-5-13(8-14)16(2)3/h4-6,8,11-12H,7,9-10H2,1-3H3,(H,18,19). The summed E-state index contributed by atoms with van der Waals surface area (Å²) in [5.41, 5.74) is 0.793. The second-order valence-electron chi connectivity index (χ2n) is 6.09. The molecule has 0 spiro atoms. The first-order valence-corrected chi connectivity index (χ1v) is 8.66. The SMILES string of the molecule is CC1CC(C(=O)O)CN(S(=O)(=O)c2cccc(N(C)C)c2)C1. The molecule has 1 aliphatic rings. The van der Waals surface area contributed by atoms with Crippen LogP contribution in [0.25, 0.3) is 0 Å². The van der Waals surface area contributed by atoms with Gasteiger partial charge in [0, 0.05) is 32.9 Å². The van der Waals surface area contributed by atoms with Crippen molar-refractivity contribution >= 4 is 21.7 Å². The van der Waals surface area contributed by atoms with E-state index in [1.165, 1.54) is 4.31 Å². The summed E-state index contributed by atoms with van der Waals surface area (Å²) in [4.78, 5) is 13.3. The van der Waals surface area contributed by atoms with Crippen LogP contribution < -0.4 is 4.90 Å². The van der Waals surface area contributed by atoms with Gasteiger partial charge in [-0.1, -0.05) is 13.0 Å². The molecule has 6 nitrogen and oxygen atoms in total. The Kier molecular flexibility index (Phi) is 4.77. The third-order valence-corrected chi connectivity index (χ3v) is 5.77. The van der Waals surface area contributed by atoms with E-state index in [0.29, 0.717) is 13.0 Å². The lowest BCUT2D eigenvalue weighted by atomic mass is 9.92. The van der Waals surface area contributed by atoms with E-state index in [-0.39, 0.29) is 17.4 Å². The third-order valence-electron chi connectivity index (χ3n) is 3.95. The molecular weight excluding hydrogens is 304 g/mol. The van der Waals surface area contributed by atoms with Crippen LogP contribution in [0.2, 0.25) is 0 Å². The van der Waals surface area contributed by atoms with Crippen LogP contribution in [0.4, 0.5) is 5.69 Å². The van der Waals surface area contributed by atoms with Crippen molar-refractivity contribution in [2.45, 2.75) is 18.2 Å². The number of anilines is 1. The molecule has 0 radical (unpaired) electrons. The lowest BCUT2D eigenvalue weighted by molar-refractivity contribution is -0.143. The van der Waals surface area contributed by atoms with Gasteiger partial charge in [-0.15, -0.1) is 0 Å². The second-order valence-corrected chi connectivity index (χ2v) is 8.03. The molecule has 1 N–H and O–H groups in total. The van der Waals surface area contributed by atoms with Gasteiger partial charge in [-0.25, -0.2) is 8.42 Å². The molecule has 1 aromatic rings. The number of sulfonamides is 1. The van der Waals surface area contributed by atoms with Crippen molar-refractivity contribution in [2.75, 3.05) is 32.1 Å². The molecule has 1 heterocycles. The van der Waals surface area contributed by atoms with Gasteiger partial charge in [0.25, 0.3) is 0 Å². The highest BCUT2D eigenvalue weighted by atomic mass is 32.2. The van der Waals surface area contributed by atoms with E-state index in [0.717, 1.165) is 5.69 Å². The first kappa shape index (κ1) is 16.8. The monoisotopic (exact) mass is 326 g/mol. The average Bonchev–Trinajstić information content (AvgIpc) is 2.46. The number of carboxylic acid groups (broad SMARTS) is 1. The Hall–Kier alpha value is -1.60. The number of hydrogen-bond donors (Lipinski definition) is 1. The van der Waals surface area contributed by atoms with Crippen molar-refractivity contribution in [3.8, 4) is 0 Å². The summed E-state index contributed by atoms with van der Waals surface area (Å²) < 4.78 is 26.9. The Morgan fingerprint density at radius 3 is 2.59 bits per heavy atom. The Labute approximate surface area is 131 Å². The predicted molar refractivity (Wildman–Crippen MR) is 84.4 cm³/mol. The zero-order valence-electron chi connectivity index (χ0n) is 13.1. The Morgan fingerprint density at radius 2 is 2.00 bits per heavy atom. The molecule has 1 saturated heterocycles. The van der Waals surface area contributed by atoms with Gasteiger partial charge in [0.05, 0.1) is 10.8 Å². The number of rotatable bonds is 4. The van der Waals surface area contributed by atoms with Crippen LogP contribution in [-0.2, 0) is 14.8 Å². The highest BCUT2D eigenvalue weighted by Gasteiger charge is 2.36. The van der Waals surface area contributed by atoms with Gasteiger partial charge in [-0.2, -0.15) is 4.31 Å². The summed E-state index contributed by atoms with van der Waals surface area (Å²) in [7, 11) is 0.0108. The smallest absolute Gasteiger partial charge is 0.307 e. The molecular formula is C15H22N2O4S. The number of hydrogen-bond acceptors (Lipinski definition) is 4. The molecule has 0 amide bonds. The quantitative estimate of drug-likeness (QED) is 0.907. The molecule has 2 rings (SSSR count). The fourth-order valence-electron chi connectivity index (χ4n) is 2.75. The van der Waals surface area contributed by atoms with Crippen LogP contribution in [0, 0.1) is 11.8 Å². The molecule has 1 fully saturated rings. The van der Waals surface area contributed by atoms with Gasteiger partial charge in [-0.05, 0) is 30.5 Å². The van der Waals surface area contributed by atoms with E-state index in [9.17, 15) is 18.3 Å². The Balaban J connectivity index is 2.33. The van der Waals surface area contributed by atoms with Crippen LogP contribution in [0.15, 0.2) is 29.2 Å². The van der Waals surface area contributed by atoms with Crippen molar-refractivity contribution in [3.63, 3.8) is 0 Å². The van der Waals surface area contributed by atoms with Crippen molar-refractivity contribution < 1.29 is 18.3 Å². The van der Waals surface area contributed by atoms with Crippen molar-refractivity contribution in [3.05, 3.63) is 24.3 Å². The maximum atomic E-state index is 12.8. The molecule has 1 aliphatic heterocycles. The maximum absolute atomic E-state index is 12.8. The van der Waals surface area contributed by atoms with Crippen molar-refractivity contribution in [1.82, 2.24) is 4.31 Å². The molecule has 7 heteroatoms. The number of carbonyl (C=O) groups is 1. The number of piperidine rings is 1. The fraction of sp³-hybridized carbons (Fsp3) is 0.533. The second kappa shape index (κ2) is 6.26. The molecule has 2 atom stereocenters. The predicted octanol–water partition coefficient (Wildman–Crippen LogP) is 1.48. The van der Waals surface area contributed by atoms with Crippen molar-refractivity contribution in [1.29, 1.82) is 0 Å². The highest BCUT2D eigenvalue weighted by molar-refractivity contribution is 7.89. The summed E-state index contributed by atoms with van der Waals surface area (Å²) in [6.07, 6.45) is 0.513. The van der Waals surface area contributed by atoms with Crippen molar-refractivity contribution in [2.24, 2.45) is 11.8 Å². The summed E-state index contributed by atoms with van der Waals surface area (Å²) in [5.74, 6) is -1.55. The van der Waals surface area contributed by atoms with Crippen LogP contribution in [0.1, 0.15) is 13.3 Å². The minimum Gasteiger partial charge on any atom is -0.481 e. The van der Waals surface area contributed by atoms with Crippen LogP contribution >= 0.6 is 0 Å². The van der Waals surface area contributed by atoms with E-state index >= 15 is 0 Å². The molecule has 0 aliphatic carbocycles. The molecule has 0 aromatic heterocycles. The summed E-state index contributed by atoms with van der Waals surface area (Å²) in [5, 5.41) is 9.20. The minimum absolute atomic E-state index is 0.0293. The average molecular weight is 326 g/mol. The van der Waals surface area contributed by atoms with Crippen LogP contribution in [0.3, 0.4) is 0 Å². The molecule has 22 heavy (non-hydrogen) atoms. The van der Waals surface area contributed by atoms with E-state index in [1.807, 2.05) is 32.0 Å². The van der Waals surface area contributed by atoms with Gasteiger partial charge >= 0.3 is 5.97 Å². The maximum Gasteiger partial charge on any atom is 0.307 e. The zero-order chi connectivity index (χ0) is 16.5. The molecule has 0 saturated carbocycles. The fourth-order valence-corrected chi connectivity index (χ4v) is 4.39. The number of aliphatic carboxylic acids is 1. The molecule has 0 bridgehead atoms. The Bertz CT molecular complexity index is 657. The summed E-state index contributed by atoms with van der Waals surface area (Å²) >= 11 is 0. The molecule has 1 aromatic carbocycles. The van der Waals surface area contributed by atoms with E-state index in [4.69, 9.17) is 0 Å². The Morgan fingerprint density at radius 1 is 1.32 bits per heavy atom. The first-order chi connectivity index (χ1) is 10.2. The summed E-state index contributed by atoms with van der Waals surface area (Å²) in [6.45, 7) is 2.28. The third kappa shape index (κ3) is 3.41. The highest BCUT2D eigenvalue weighted by Crippen LogP contribution is 2.28. The van der Waals surface area contributed by atoms with Gasteiger partial charge in [-0.3, -0.25) is 4.79 Å². The van der Waals surface area contributed by atoms with Gasteiger partial charge < -0.3 is 10.0 Å². The lowest BCUT2D eigenvalue weighted by Crippen LogP contribution is -2.45. The van der Waals surface area contributed by atoms with Crippen LogP contribution in [-0.4, -0.2) is 51.0 Å². The van der Waals surface area contributed by atoms with Gasteiger partial charge in [0.2, 0.25) is 10.0 Å². The number of benzene rings is 1. The first-order valence-electron chi connectivity index (χ1n) is 7.22. The van der Waals surface area contributed by atoms with Gasteiger partial charge in [0.15, 0.2) is 0 Å². The van der Waals surface area contributed by atoms with E-state index in [1.54, 1.807) is 18.2 Å². The minimum atomic E-state index is -3.67. The lowest BCUT2D eigenvalue weighted by Gasteiger charge is -2.33. The van der Waals surface area contributed by atoms with Gasteiger partial charge in [0.1, 0.15) is 0 Å². The molecule has 2 unspecified atom stereocenters. The van der Waals surface area contributed by atoms with E-state index in [2.05, 4.69) is 0 Å². The topological polar surface area (TPSA) is 77.9 Å². The number of carboxylic acids is 1. The van der Waals surface area contributed by atoms with E-state index < -0.39 is 21.9 Å². The zero-order valence-corrected chi connectivity index (χ0v) is 13.9. The largest absolute Gasteiger partial charge is 0.481 e.